The van der Waals surface area contributed by atoms with Crippen LogP contribution in [0.2, 0.25) is 0 Å². The number of carbonyl (C=O) groups is 2. The summed E-state index contributed by atoms with van der Waals surface area (Å²) in [5.41, 5.74) is 0.00521. The Morgan fingerprint density at radius 2 is 1.95 bits per heavy atom. The van der Waals surface area contributed by atoms with E-state index in [1.807, 2.05) is 30.3 Å². The lowest BCUT2D eigenvalue weighted by molar-refractivity contribution is -0.189. The highest BCUT2D eigenvalue weighted by molar-refractivity contribution is 5.84. The Morgan fingerprint density at radius 3 is 2.45 bits per heavy atom. The van der Waals surface area contributed by atoms with Crippen LogP contribution in [0.4, 0.5) is 0 Å². The van der Waals surface area contributed by atoms with Gasteiger partial charge in [0.05, 0.1) is 19.1 Å². The highest BCUT2D eigenvalue weighted by atomic mass is 16.7. The first kappa shape index (κ1) is 16.3. The first-order valence-corrected chi connectivity index (χ1v) is 6.36. The standard InChI is InChI=1S/C15H21NO4/c1-15(2,11-17)13(14(18)16(3)19-4)20-10-12-8-6-5-7-9-12/h5-9,11,13H,10H2,1-4H3/t13-/m0/s1. The monoisotopic (exact) mass is 279 g/mol. The first-order valence-electron chi connectivity index (χ1n) is 6.36. The summed E-state index contributed by atoms with van der Waals surface area (Å²) in [6, 6.07) is 9.48. The van der Waals surface area contributed by atoms with Crippen LogP contribution in [0.25, 0.3) is 0 Å². The van der Waals surface area contributed by atoms with E-state index in [1.165, 1.54) is 14.2 Å². The van der Waals surface area contributed by atoms with Gasteiger partial charge in [0.2, 0.25) is 0 Å². The summed E-state index contributed by atoms with van der Waals surface area (Å²) in [7, 11) is 2.88. The molecule has 0 N–H and O–H groups in total. The smallest absolute Gasteiger partial charge is 0.275 e. The van der Waals surface area contributed by atoms with Gasteiger partial charge in [0, 0.05) is 7.05 Å². The van der Waals surface area contributed by atoms with E-state index >= 15 is 0 Å². The number of aldehydes is 1. The summed E-state index contributed by atoms with van der Waals surface area (Å²) in [6.45, 7) is 3.58. The molecule has 20 heavy (non-hydrogen) atoms. The molecule has 1 amide bonds. The lowest BCUT2D eigenvalue weighted by atomic mass is 9.87. The molecular weight excluding hydrogens is 258 g/mol. The minimum Gasteiger partial charge on any atom is -0.363 e. The highest BCUT2D eigenvalue weighted by Gasteiger charge is 2.38. The topological polar surface area (TPSA) is 55.8 Å². The van der Waals surface area contributed by atoms with Gasteiger partial charge in [-0.05, 0) is 5.56 Å². The second-order valence-corrected chi connectivity index (χ2v) is 5.13. The summed E-state index contributed by atoms with van der Waals surface area (Å²) in [5.74, 6) is -0.388. The van der Waals surface area contributed by atoms with E-state index in [-0.39, 0.29) is 12.5 Å². The average Bonchev–Trinajstić information content (AvgIpc) is 2.47. The maximum absolute atomic E-state index is 12.2. The number of nitrogens with zero attached hydrogens (tertiary/aromatic N) is 1. The van der Waals surface area contributed by atoms with Crippen molar-refractivity contribution < 1.29 is 19.2 Å². The molecule has 0 aliphatic rings. The van der Waals surface area contributed by atoms with Crippen LogP contribution >= 0.6 is 0 Å². The normalized spacial score (nSPS) is 12.8. The van der Waals surface area contributed by atoms with E-state index in [2.05, 4.69) is 0 Å². The fourth-order valence-corrected chi connectivity index (χ4v) is 1.67. The van der Waals surface area contributed by atoms with Crippen molar-refractivity contribution in [2.75, 3.05) is 14.2 Å². The highest BCUT2D eigenvalue weighted by Crippen LogP contribution is 2.23. The molecule has 5 nitrogen and oxygen atoms in total. The Labute approximate surface area is 119 Å². The third-order valence-electron chi connectivity index (χ3n) is 3.05. The number of hydrogen-bond donors (Lipinski definition) is 0. The predicted octanol–water partition coefficient (Wildman–Crippen LogP) is 1.82. The van der Waals surface area contributed by atoms with Crippen LogP contribution in [0.3, 0.4) is 0 Å². The Bertz CT molecular complexity index is 444. The van der Waals surface area contributed by atoms with Crippen LogP contribution in [0.15, 0.2) is 30.3 Å². The zero-order chi connectivity index (χ0) is 15.2. The zero-order valence-corrected chi connectivity index (χ0v) is 12.3. The molecule has 1 atom stereocenters. The number of hydrogen-bond acceptors (Lipinski definition) is 4. The molecule has 0 aliphatic heterocycles. The minimum absolute atomic E-state index is 0.256. The molecule has 0 aliphatic carbocycles. The van der Waals surface area contributed by atoms with Crippen LogP contribution in [-0.4, -0.2) is 37.5 Å². The molecule has 0 radical (unpaired) electrons. The Kier molecular flexibility index (Phi) is 5.85. The number of benzene rings is 1. The van der Waals surface area contributed by atoms with E-state index < -0.39 is 11.5 Å². The van der Waals surface area contributed by atoms with Crippen LogP contribution in [0.5, 0.6) is 0 Å². The second-order valence-electron chi connectivity index (χ2n) is 5.13. The average molecular weight is 279 g/mol. The number of amides is 1. The van der Waals surface area contributed by atoms with Crippen molar-refractivity contribution in [3.05, 3.63) is 35.9 Å². The minimum atomic E-state index is -0.932. The largest absolute Gasteiger partial charge is 0.363 e. The van der Waals surface area contributed by atoms with E-state index in [1.54, 1.807) is 13.8 Å². The van der Waals surface area contributed by atoms with E-state index in [4.69, 9.17) is 9.57 Å². The van der Waals surface area contributed by atoms with Gasteiger partial charge < -0.3 is 9.53 Å². The summed E-state index contributed by atoms with van der Waals surface area (Å²) in [6.07, 6.45) is -0.172. The summed E-state index contributed by atoms with van der Waals surface area (Å²) in [5, 5.41) is 1.07. The number of hydroxylamine groups is 2. The summed E-state index contributed by atoms with van der Waals surface area (Å²) >= 11 is 0. The van der Waals surface area contributed by atoms with E-state index in [0.29, 0.717) is 0 Å². The van der Waals surface area contributed by atoms with Gasteiger partial charge in [-0.15, -0.1) is 0 Å². The molecule has 0 saturated carbocycles. The van der Waals surface area contributed by atoms with Crippen molar-refractivity contribution >= 4 is 12.2 Å². The Hall–Kier alpha value is -1.72. The third kappa shape index (κ3) is 4.15. The van der Waals surface area contributed by atoms with Crippen LogP contribution in [0.1, 0.15) is 19.4 Å². The first-order chi connectivity index (χ1) is 9.42. The fraction of sp³-hybridized carbons (Fsp3) is 0.467. The molecule has 110 valence electrons. The van der Waals surface area contributed by atoms with Gasteiger partial charge in [-0.1, -0.05) is 44.2 Å². The summed E-state index contributed by atoms with van der Waals surface area (Å²) < 4.78 is 5.67. The van der Waals surface area contributed by atoms with E-state index in [9.17, 15) is 9.59 Å². The molecule has 0 fully saturated rings. The molecule has 0 heterocycles. The Morgan fingerprint density at radius 1 is 1.35 bits per heavy atom. The molecule has 0 unspecified atom stereocenters. The number of carbonyl (C=O) groups excluding carboxylic acids is 2. The molecule has 0 spiro atoms. The van der Waals surface area contributed by atoms with Crippen molar-refractivity contribution in [1.29, 1.82) is 0 Å². The molecule has 1 aromatic carbocycles. The van der Waals surface area contributed by atoms with Crippen LogP contribution < -0.4 is 0 Å². The second kappa shape index (κ2) is 7.17. The molecule has 5 heteroatoms. The molecule has 1 rings (SSSR count). The van der Waals surface area contributed by atoms with Gasteiger partial charge in [0.25, 0.3) is 5.91 Å². The molecule has 0 bridgehead atoms. The Balaban J connectivity index is 2.83. The molecule has 1 aromatic rings. The van der Waals surface area contributed by atoms with Gasteiger partial charge in [0.1, 0.15) is 6.29 Å². The van der Waals surface area contributed by atoms with Gasteiger partial charge in [0.15, 0.2) is 6.10 Å². The molecular formula is C15H21NO4. The zero-order valence-electron chi connectivity index (χ0n) is 12.3. The molecule has 0 aromatic heterocycles. The van der Waals surface area contributed by atoms with Gasteiger partial charge in [-0.2, -0.15) is 0 Å². The SMILES string of the molecule is CON(C)C(=O)[C@H](OCc1ccccc1)C(C)(C)C=O. The molecule has 0 saturated heterocycles. The van der Waals surface area contributed by atoms with Crippen LogP contribution in [0, 0.1) is 5.41 Å². The van der Waals surface area contributed by atoms with Gasteiger partial charge in [-0.3, -0.25) is 9.63 Å². The quantitative estimate of drug-likeness (QED) is 0.564. The summed E-state index contributed by atoms with van der Waals surface area (Å²) in [4.78, 5) is 28.3. The van der Waals surface area contributed by atoms with E-state index in [0.717, 1.165) is 16.9 Å². The number of ether oxygens (including phenoxy) is 1. The van der Waals surface area contributed by atoms with Crippen molar-refractivity contribution in [2.45, 2.75) is 26.6 Å². The lowest BCUT2D eigenvalue weighted by Crippen LogP contribution is -2.46. The lowest BCUT2D eigenvalue weighted by Gasteiger charge is -2.30. The van der Waals surface area contributed by atoms with Crippen molar-refractivity contribution in [1.82, 2.24) is 5.06 Å². The fourth-order valence-electron chi connectivity index (χ4n) is 1.67. The van der Waals surface area contributed by atoms with Crippen molar-refractivity contribution in [3.8, 4) is 0 Å². The van der Waals surface area contributed by atoms with Crippen molar-refractivity contribution in [2.24, 2.45) is 5.41 Å². The third-order valence-corrected chi connectivity index (χ3v) is 3.05. The maximum Gasteiger partial charge on any atom is 0.275 e. The van der Waals surface area contributed by atoms with Crippen LogP contribution in [-0.2, 0) is 25.8 Å². The number of rotatable bonds is 7. The predicted molar refractivity (Wildman–Crippen MR) is 74.6 cm³/mol. The van der Waals surface area contributed by atoms with Gasteiger partial charge >= 0.3 is 0 Å². The van der Waals surface area contributed by atoms with Gasteiger partial charge in [-0.25, -0.2) is 5.06 Å². The number of likely N-dealkylation sites (N-methyl/N-ethyl adjacent to an activating group) is 1. The maximum atomic E-state index is 12.2. The van der Waals surface area contributed by atoms with Crippen molar-refractivity contribution in [3.63, 3.8) is 0 Å².